The van der Waals surface area contributed by atoms with Crippen LogP contribution in [0.5, 0.6) is 0 Å². The van der Waals surface area contributed by atoms with Crippen molar-refractivity contribution in [3.8, 4) is 0 Å². The quantitative estimate of drug-likeness (QED) is 0.570. The molecule has 21 heavy (non-hydrogen) atoms. The number of nitrogens with one attached hydrogen (secondary N) is 3. The largest absolute Gasteiger partial charge is 0.363 e. The lowest BCUT2D eigenvalue weighted by Crippen LogP contribution is -2.14. The van der Waals surface area contributed by atoms with Gasteiger partial charge in [-0.05, 0) is 24.6 Å². The van der Waals surface area contributed by atoms with Gasteiger partial charge in [0.2, 0.25) is 5.95 Å². The molecule has 2 amide bonds. The number of carbonyl (C=O) groups is 2. The van der Waals surface area contributed by atoms with E-state index in [4.69, 9.17) is 5.73 Å². The normalized spacial score (nSPS) is 10.7. The van der Waals surface area contributed by atoms with E-state index in [1.165, 1.54) is 6.20 Å². The number of rotatable bonds is 3. The van der Waals surface area contributed by atoms with Crippen LogP contribution in [0.4, 0.5) is 5.95 Å². The Morgan fingerprint density at radius 2 is 2.14 bits per heavy atom. The van der Waals surface area contributed by atoms with Crippen molar-refractivity contribution in [1.29, 1.82) is 0 Å². The van der Waals surface area contributed by atoms with E-state index in [9.17, 15) is 9.59 Å². The number of aryl methyl sites for hydroxylation is 1. The van der Waals surface area contributed by atoms with E-state index < -0.39 is 5.91 Å². The predicted molar refractivity (Wildman–Crippen MR) is 75.9 cm³/mol. The molecule has 0 fully saturated rings. The Balaban J connectivity index is 2.08. The van der Waals surface area contributed by atoms with Crippen molar-refractivity contribution in [3.63, 3.8) is 0 Å². The first-order valence-corrected chi connectivity index (χ1v) is 6.15. The van der Waals surface area contributed by atoms with Crippen LogP contribution in [0.2, 0.25) is 0 Å². The molecule has 0 aliphatic heterocycles. The number of amides is 2. The lowest BCUT2D eigenvalue weighted by molar-refractivity contribution is 0.0989. The number of fused-ring (bicyclic) bond motifs is 1. The Hall–Kier alpha value is -3.16. The standard InChI is InChI=1S/C13H12N6O2/c1-6-4-7(12(21)19-13-15-2-3-16-13)9-8(5-6)17-11(18-9)10(14)20/h2-5H,1H3,(H2,14,20)(H,17,18)(H2,15,16,19,21). The molecule has 0 aliphatic rings. The number of aromatic amines is 2. The molecule has 106 valence electrons. The zero-order valence-electron chi connectivity index (χ0n) is 11.1. The van der Waals surface area contributed by atoms with Gasteiger partial charge in [0.25, 0.3) is 11.8 Å². The summed E-state index contributed by atoms with van der Waals surface area (Å²) in [5.41, 5.74) is 7.36. The van der Waals surface area contributed by atoms with Crippen molar-refractivity contribution in [2.24, 2.45) is 5.73 Å². The maximum absolute atomic E-state index is 12.3. The minimum Gasteiger partial charge on any atom is -0.363 e. The number of imidazole rings is 2. The van der Waals surface area contributed by atoms with Crippen LogP contribution in [-0.4, -0.2) is 31.8 Å². The third-order valence-corrected chi connectivity index (χ3v) is 2.94. The molecule has 1 aromatic carbocycles. The second-order valence-electron chi connectivity index (χ2n) is 4.55. The van der Waals surface area contributed by atoms with Crippen molar-refractivity contribution in [2.45, 2.75) is 6.92 Å². The predicted octanol–water partition coefficient (Wildman–Crippen LogP) is 0.946. The fourth-order valence-electron chi connectivity index (χ4n) is 2.06. The van der Waals surface area contributed by atoms with E-state index in [-0.39, 0.29) is 11.7 Å². The highest BCUT2D eigenvalue weighted by molar-refractivity contribution is 6.11. The maximum atomic E-state index is 12.3. The van der Waals surface area contributed by atoms with Gasteiger partial charge in [0.05, 0.1) is 11.1 Å². The first-order valence-electron chi connectivity index (χ1n) is 6.15. The Morgan fingerprint density at radius 3 is 2.81 bits per heavy atom. The van der Waals surface area contributed by atoms with Gasteiger partial charge in [-0.1, -0.05) is 0 Å². The van der Waals surface area contributed by atoms with Gasteiger partial charge in [-0.3, -0.25) is 14.9 Å². The van der Waals surface area contributed by atoms with Crippen LogP contribution in [0, 0.1) is 6.92 Å². The summed E-state index contributed by atoms with van der Waals surface area (Å²) in [5, 5.41) is 2.62. The first-order chi connectivity index (χ1) is 10.0. The number of anilines is 1. The second-order valence-corrected chi connectivity index (χ2v) is 4.55. The van der Waals surface area contributed by atoms with E-state index in [1.807, 2.05) is 6.92 Å². The van der Waals surface area contributed by atoms with Crippen LogP contribution >= 0.6 is 0 Å². The lowest BCUT2D eigenvalue weighted by Gasteiger charge is -2.04. The summed E-state index contributed by atoms with van der Waals surface area (Å²) in [5.74, 6) is -0.703. The number of aromatic nitrogens is 4. The summed E-state index contributed by atoms with van der Waals surface area (Å²) in [6, 6.07) is 3.48. The van der Waals surface area contributed by atoms with E-state index in [2.05, 4.69) is 25.3 Å². The molecular weight excluding hydrogens is 272 g/mol. The van der Waals surface area contributed by atoms with Gasteiger partial charge in [-0.25, -0.2) is 9.97 Å². The van der Waals surface area contributed by atoms with Crippen LogP contribution in [0.1, 0.15) is 26.5 Å². The molecule has 0 bridgehead atoms. The summed E-state index contributed by atoms with van der Waals surface area (Å²) in [4.78, 5) is 37.1. The zero-order chi connectivity index (χ0) is 15.0. The molecule has 0 unspecified atom stereocenters. The first kappa shape index (κ1) is 12.9. The minimum absolute atomic E-state index is 0.0163. The molecule has 8 heteroatoms. The molecule has 2 aromatic heterocycles. The Labute approximate surface area is 118 Å². The monoisotopic (exact) mass is 284 g/mol. The summed E-state index contributed by atoms with van der Waals surface area (Å²) < 4.78 is 0. The Bertz CT molecular complexity index is 834. The van der Waals surface area contributed by atoms with Gasteiger partial charge < -0.3 is 15.7 Å². The van der Waals surface area contributed by atoms with Crippen LogP contribution in [0.3, 0.4) is 0 Å². The number of nitrogens with zero attached hydrogens (tertiary/aromatic N) is 2. The average molecular weight is 284 g/mol. The third-order valence-electron chi connectivity index (χ3n) is 2.94. The number of nitrogens with two attached hydrogens (primary N) is 1. The highest BCUT2D eigenvalue weighted by atomic mass is 16.2. The number of hydrogen-bond acceptors (Lipinski definition) is 4. The molecule has 3 rings (SSSR count). The molecule has 0 saturated carbocycles. The van der Waals surface area contributed by atoms with Crippen molar-refractivity contribution < 1.29 is 9.59 Å². The SMILES string of the molecule is Cc1cc(C(=O)Nc2ncc[nH]2)c2nc(C(N)=O)[nH]c2c1. The van der Waals surface area contributed by atoms with Crippen LogP contribution in [-0.2, 0) is 0 Å². The van der Waals surface area contributed by atoms with Gasteiger partial charge in [0.15, 0.2) is 5.82 Å². The van der Waals surface area contributed by atoms with E-state index in [1.54, 1.807) is 18.3 Å². The molecule has 0 spiro atoms. The average Bonchev–Trinajstić information content (AvgIpc) is 3.06. The van der Waals surface area contributed by atoms with Crippen molar-refractivity contribution in [3.05, 3.63) is 41.5 Å². The zero-order valence-corrected chi connectivity index (χ0v) is 11.1. The molecule has 0 atom stereocenters. The Kier molecular flexibility index (Phi) is 2.90. The Morgan fingerprint density at radius 1 is 1.33 bits per heavy atom. The van der Waals surface area contributed by atoms with Gasteiger partial charge in [-0.15, -0.1) is 0 Å². The van der Waals surface area contributed by atoms with Gasteiger partial charge in [-0.2, -0.15) is 0 Å². The molecular formula is C13H12N6O2. The number of carbonyl (C=O) groups excluding carboxylic acids is 2. The van der Waals surface area contributed by atoms with Crippen molar-refractivity contribution in [1.82, 2.24) is 19.9 Å². The summed E-state index contributed by atoms with van der Waals surface area (Å²) in [7, 11) is 0. The third kappa shape index (κ3) is 2.34. The highest BCUT2D eigenvalue weighted by Crippen LogP contribution is 2.20. The van der Waals surface area contributed by atoms with E-state index >= 15 is 0 Å². The highest BCUT2D eigenvalue weighted by Gasteiger charge is 2.17. The molecule has 5 N–H and O–H groups in total. The summed E-state index contributed by atoms with van der Waals surface area (Å²) in [6.07, 6.45) is 3.13. The second kappa shape index (κ2) is 4.75. The molecule has 0 radical (unpaired) electrons. The fraction of sp³-hybridized carbons (Fsp3) is 0.0769. The van der Waals surface area contributed by atoms with Gasteiger partial charge in [0, 0.05) is 12.4 Å². The molecule has 0 aliphatic carbocycles. The van der Waals surface area contributed by atoms with Gasteiger partial charge in [0.1, 0.15) is 5.52 Å². The number of primary amides is 1. The van der Waals surface area contributed by atoms with Crippen LogP contribution in [0.15, 0.2) is 24.5 Å². The fourth-order valence-corrected chi connectivity index (χ4v) is 2.06. The minimum atomic E-state index is -0.679. The van der Waals surface area contributed by atoms with E-state index in [0.717, 1.165) is 5.56 Å². The molecule has 2 heterocycles. The number of hydrogen-bond donors (Lipinski definition) is 4. The van der Waals surface area contributed by atoms with Crippen molar-refractivity contribution >= 4 is 28.8 Å². The topological polar surface area (TPSA) is 130 Å². The molecule has 8 nitrogen and oxygen atoms in total. The van der Waals surface area contributed by atoms with Crippen molar-refractivity contribution in [2.75, 3.05) is 5.32 Å². The van der Waals surface area contributed by atoms with Crippen LogP contribution in [0.25, 0.3) is 11.0 Å². The number of H-pyrrole nitrogens is 2. The summed E-state index contributed by atoms with van der Waals surface area (Å²) >= 11 is 0. The molecule has 0 saturated heterocycles. The molecule has 3 aromatic rings. The number of benzene rings is 1. The van der Waals surface area contributed by atoms with E-state index in [0.29, 0.717) is 22.5 Å². The van der Waals surface area contributed by atoms with Gasteiger partial charge >= 0.3 is 0 Å². The summed E-state index contributed by atoms with van der Waals surface area (Å²) in [6.45, 7) is 1.84. The van der Waals surface area contributed by atoms with Crippen LogP contribution < -0.4 is 11.1 Å². The lowest BCUT2D eigenvalue weighted by atomic mass is 10.1. The maximum Gasteiger partial charge on any atom is 0.284 e. The smallest absolute Gasteiger partial charge is 0.284 e.